The second-order valence-electron chi connectivity index (χ2n) is 4.34. The number of nitrogens with one attached hydrogen (secondary N) is 2. The van der Waals surface area contributed by atoms with Gasteiger partial charge in [0.05, 0.1) is 18.5 Å². The van der Waals surface area contributed by atoms with Gasteiger partial charge in [-0.15, -0.1) is 0 Å². The summed E-state index contributed by atoms with van der Waals surface area (Å²) in [7, 11) is 0. The van der Waals surface area contributed by atoms with Crippen LogP contribution in [0, 0.1) is 0 Å². The van der Waals surface area contributed by atoms with Gasteiger partial charge in [-0.3, -0.25) is 4.79 Å². The molecule has 1 amide bonds. The summed E-state index contributed by atoms with van der Waals surface area (Å²) in [5, 5.41) is 6.11. The van der Waals surface area contributed by atoms with Gasteiger partial charge in [-0.05, 0) is 25.8 Å². The second kappa shape index (κ2) is 6.35. The fraction of sp³-hybridized carbons (Fsp3) is 0.538. The molecule has 1 aliphatic carbocycles. The Labute approximate surface area is 107 Å². The van der Waals surface area contributed by atoms with E-state index in [0.29, 0.717) is 30.6 Å². The Morgan fingerprint density at radius 2 is 2.33 bits per heavy atom. The molecule has 0 unspecified atom stereocenters. The number of ether oxygens (including phenoxy) is 1. The summed E-state index contributed by atoms with van der Waals surface area (Å²) in [6, 6.07) is 4.19. The normalized spacial score (nSPS) is 14.3. The van der Waals surface area contributed by atoms with Gasteiger partial charge in [0.2, 0.25) is 11.8 Å². The van der Waals surface area contributed by atoms with Crippen LogP contribution in [0.1, 0.15) is 26.2 Å². The molecule has 0 bridgehead atoms. The van der Waals surface area contributed by atoms with Crippen molar-refractivity contribution in [2.24, 2.45) is 0 Å². The van der Waals surface area contributed by atoms with Crippen LogP contribution in [-0.4, -0.2) is 30.1 Å². The summed E-state index contributed by atoms with van der Waals surface area (Å²) in [6.07, 6.45) is 4.58. The van der Waals surface area contributed by atoms with Gasteiger partial charge >= 0.3 is 0 Å². The summed E-state index contributed by atoms with van der Waals surface area (Å²) in [4.78, 5) is 15.7. The number of hydrogen-bond donors (Lipinski definition) is 2. The number of hydrogen-bond acceptors (Lipinski definition) is 4. The molecule has 0 spiro atoms. The van der Waals surface area contributed by atoms with Crippen LogP contribution < -0.4 is 15.4 Å². The molecule has 1 fully saturated rings. The maximum Gasteiger partial charge on any atom is 0.225 e. The van der Waals surface area contributed by atoms with Gasteiger partial charge in [0.15, 0.2) is 0 Å². The molecule has 2 rings (SSSR count). The van der Waals surface area contributed by atoms with Crippen molar-refractivity contribution in [3.63, 3.8) is 0 Å². The zero-order valence-electron chi connectivity index (χ0n) is 10.6. The zero-order valence-corrected chi connectivity index (χ0v) is 10.6. The smallest absolute Gasteiger partial charge is 0.225 e. The number of carbonyl (C=O) groups excluding carboxylic acids is 1. The van der Waals surface area contributed by atoms with E-state index in [-0.39, 0.29) is 5.91 Å². The number of nitrogens with zero attached hydrogens (tertiary/aromatic N) is 1. The van der Waals surface area contributed by atoms with Crippen LogP contribution in [0.15, 0.2) is 18.3 Å². The molecule has 0 radical (unpaired) electrons. The van der Waals surface area contributed by atoms with E-state index in [9.17, 15) is 4.79 Å². The highest BCUT2D eigenvalue weighted by atomic mass is 16.5. The van der Waals surface area contributed by atoms with E-state index in [1.54, 1.807) is 18.3 Å². The van der Waals surface area contributed by atoms with Crippen molar-refractivity contribution in [1.82, 2.24) is 10.3 Å². The van der Waals surface area contributed by atoms with Crippen LogP contribution in [0.25, 0.3) is 0 Å². The molecular formula is C13H19N3O2. The number of carbonyl (C=O) groups is 1. The van der Waals surface area contributed by atoms with E-state index >= 15 is 0 Å². The second-order valence-corrected chi connectivity index (χ2v) is 4.34. The van der Waals surface area contributed by atoms with Gasteiger partial charge < -0.3 is 15.4 Å². The Morgan fingerprint density at radius 1 is 1.50 bits per heavy atom. The van der Waals surface area contributed by atoms with E-state index < -0.39 is 0 Å². The summed E-state index contributed by atoms with van der Waals surface area (Å²) in [6.45, 7) is 3.23. The largest absolute Gasteiger partial charge is 0.478 e. The van der Waals surface area contributed by atoms with Gasteiger partial charge in [0, 0.05) is 25.1 Å². The number of pyridine rings is 1. The van der Waals surface area contributed by atoms with Crippen LogP contribution in [0.3, 0.4) is 0 Å². The molecule has 1 aliphatic rings. The summed E-state index contributed by atoms with van der Waals surface area (Å²) < 4.78 is 5.23. The Balaban J connectivity index is 1.71. The van der Waals surface area contributed by atoms with Crippen molar-refractivity contribution in [1.29, 1.82) is 0 Å². The maximum atomic E-state index is 11.6. The third-order valence-corrected chi connectivity index (χ3v) is 2.67. The van der Waals surface area contributed by atoms with E-state index in [1.165, 1.54) is 12.8 Å². The monoisotopic (exact) mass is 249 g/mol. The number of amides is 1. The summed E-state index contributed by atoms with van der Waals surface area (Å²) >= 11 is 0. The Bertz CT molecular complexity index is 388. The molecule has 1 heterocycles. The summed E-state index contributed by atoms with van der Waals surface area (Å²) in [5.74, 6) is 0.583. The van der Waals surface area contributed by atoms with Crippen molar-refractivity contribution >= 4 is 11.6 Å². The van der Waals surface area contributed by atoms with Crippen molar-refractivity contribution in [2.75, 3.05) is 18.5 Å². The van der Waals surface area contributed by atoms with Crippen LogP contribution in [-0.2, 0) is 4.79 Å². The molecule has 5 nitrogen and oxygen atoms in total. The molecule has 2 N–H and O–H groups in total. The first-order chi connectivity index (χ1) is 8.78. The fourth-order valence-corrected chi connectivity index (χ4v) is 1.59. The van der Waals surface area contributed by atoms with Gasteiger partial charge in [0.1, 0.15) is 0 Å². The lowest BCUT2D eigenvalue weighted by Gasteiger charge is -2.06. The van der Waals surface area contributed by atoms with Gasteiger partial charge in [-0.2, -0.15) is 0 Å². The molecule has 98 valence electrons. The number of aromatic nitrogens is 1. The topological polar surface area (TPSA) is 63.2 Å². The van der Waals surface area contributed by atoms with Gasteiger partial charge in [-0.25, -0.2) is 4.98 Å². The molecule has 1 saturated carbocycles. The van der Waals surface area contributed by atoms with Gasteiger partial charge in [0.25, 0.3) is 0 Å². The molecule has 1 aromatic rings. The SMILES string of the molecule is CCOc1ccc(NC(=O)CCNC2CC2)cn1. The molecule has 0 atom stereocenters. The van der Waals surface area contributed by atoms with Crippen molar-refractivity contribution in [3.8, 4) is 5.88 Å². The van der Waals surface area contributed by atoms with E-state index in [1.807, 2.05) is 6.92 Å². The molecule has 0 aromatic carbocycles. The lowest BCUT2D eigenvalue weighted by Crippen LogP contribution is -2.23. The van der Waals surface area contributed by atoms with Crippen molar-refractivity contribution in [3.05, 3.63) is 18.3 Å². The van der Waals surface area contributed by atoms with Crippen LogP contribution >= 0.6 is 0 Å². The molecular weight excluding hydrogens is 230 g/mol. The average Bonchev–Trinajstić information content (AvgIpc) is 3.16. The highest BCUT2D eigenvalue weighted by Gasteiger charge is 2.20. The van der Waals surface area contributed by atoms with Crippen LogP contribution in [0.5, 0.6) is 5.88 Å². The Kier molecular flexibility index (Phi) is 4.52. The molecule has 0 saturated heterocycles. The minimum Gasteiger partial charge on any atom is -0.478 e. The highest BCUT2D eigenvalue weighted by Crippen LogP contribution is 2.18. The maximum absolute atomic E-state index is 11.6. The Hall–Kier alpha value is -1.62. The third kappa shape index (κ3) is 4.33. The first-order valence-corrected chi connectivity index (χ1v) is 6.40. The zero-order chi connectivity index (χ0) is 12.8. The van der Waals surface area contributed by atoms with Crippen LogP contribution in [0.4, 0.5) is 5.69 Å². The summed E-state index contributed by atoms with van der Waals surface area (Å²) in [5.41, 5.74) is 0.704. The quantitative estimate of drug-likeness (QED) is 0.769. The molecule has 1 aromatic heterocycles. The Morgan fingerprint density at radius 3 is 2.94 bits per heavy atom. The first kappa shape index (κ1) is 12.8. The predicted molar refractivity (Wildman–Crippen MR) is 69.7 cm³/mol. The number of rotatable bonds is 7. The molecule has 18 heavy (non-hydrogen) atoms. The standard InChI is InChI=1S/C13H19N3O2/c1-2-18-13-6-5-11(9-15-13)16-12(17)7-8-14-10-3-4-10/h5-6,9-10,14H,2-4,7-8H2,1H3,(H,16,17). The average molecular weight is 249 g/mol. The first-order valence-electron chi connectivity index (χ1n) is 6.40. The fourth-order valence-electron chi connectivity index (χ4n) is 1.59. The highest BCUT2D eigenvalue weighted by molar-refractivity contribution is 5.90. The lowest BCUT2D eigenvalue weighted by atomic mass is 10.3. The predicted octanol–water partition coefficient (Wildman–Crippen LogP) is 1.56. The molecule has 0 aliphatic heterocycles. The third-order valence-electron chi connectivity index (χ3n) is 2.67. The van der Waals surface area contributed by atoms with Crippen molar-refractivity contribution in [2.45, 2.75) is 32.2 Å². The minimum atomic E-state index is 0.00844. The minimum absolute atomic E-state index is 0.00844. The number of anilines is 1. The van der Waals surface area contributed by atoms with Crippen LogP contribution in [0.2, 0.25) is 0 Å². The molecule has 5 heteroatoms. The van der Waals surface area contributed by atoms with Gasteiger partial charge in [-0.1, -0.05) is 0 Å². The van der Waals surface area contributed by atoms with E-state index in [0.717, 1.165) is 6.54 Å². The van der Waals surface area contributed by atoms with E-state index in [2.05, 4.69) is 15.6 Å². The lowest BCUT2D eigenvalue weighted by molar-refractivity contribution is -0.116. The van der Waals surface area contributed by atoms with E-state index in [4.69, 9.17) is 4.74 Å². The van der Waals surface area contributed by atoms with Crippen molar-refractivity contribution < 1.29 is 9.53 Å².